The number of pyridine rings is 1. The van der Waals surface area contributed by atoms with Gasteiger partial charge in [0.2, 0.25) is 0 Å². The minimum Gasteiger partial charge on any atom is -0.475 e. The van der Waals surface area contributed by atoms with Crippen molar-refractivity contribution in [1.82, 2.24) is 4.98 Å². The highest BCUT2D eigenvalue weighted by molar-refractivity contribution is 5.38. The van der Waals surface area contributed by atoms with Gasteiger partial charge in [-0.2, -0.15) is 4.98 Å². The molecule has 0 radical (unpaired) electrons. The van der Waals surface area contributed by atoms with Gasteiger partial charge in [-0.15, -0.1) is 6.58 Å². The lowest BCUT2D eigenvalue weighted by molar-refractivity contribution is 0.291. The summed E-state index contributed by atoms with van der Waals surface area (Å²) in [5.74, 6) is -1.79. The van der Waals surface area contributed by atoms with Crippen LogP contribution in [0.5, 0.6) is 5.88 Å². The van der Waals surface area contributed by atoms with Crippen LogP contribution < -0.4 is 10.1 Å². The SMILES string of the molecule is C=C(C)CCOc1nc(NC)c(F)cc1F. The zero-order valence-corrected chi connectivity index (χ0v) is 9.31. The predicted octanol–water partition coefficient (Wildman–Crippen LogP) is 2.75. The van der Waals surface area contributed by atoms with Crippen LogP contribution in [0.25, 0.3) is 0 Å². The third-order valence-electron chi connectivity index (χ3n) is 1.90. The Balaban J connectivity index is 2.75. The average Bonchev–Trinajstić information content (AvgIpc) is 2.20. The van der Waals surface area contributed by atoms with E-state index in [1.165, 1.54) is 7.05 Å². The lowest BCUT2D eigenvalue weighted by Crippen LogP contribution is -2.05. The van der Waals surface area contributed by atoms with Crippen LogP contribution in [0, 0.1) is 11.6 Å². The Kier molecular flexibility index (Phi) is 4.22. The van der Waals surface area contributed by atoms with E-state index in [0.717, 1.165) is 11.6 Å². The number of halogens is 2. The molecule has 1 aromatic rings. The third kappa shape index (κ3) is 3.18. The van der Waals surface area contributed by atoms with Gasteiger partial charge in [0.25, 0.3) is 5.88 Å². The molecule has 0 bridgehead atoms. The molecule has 0 aliphatic rings. The average molecular weight is 228 g/mol. The van der Waals surface area contributed by atoms with Crippen LogP contribution >= 0.6 is 0 Å². The number of ether oxygens (including phenoxy) is 1. The Bertz CT molecular complexity index is 394. The molecule has 1 N–H and O–H groups in total. The lowest BCUT2D eigenvalue weighted by Gasteiger charge is -2.08. The molecular formula is C11H14F2N2O. The second-order valence-electron chi connectivity index (χ2n) is 3.41. The number of rotatable bonds is 5. The van der Waals surface area contributed by atoms with Crippen molar-refractivity contribution in [3.63, 3.8) is 0 Å². The van der Waals surface area contributed by atoms with Crippen LogP contribution in [0.3, 0.4) is 0 Å². The maximum absolute atomic E-state index is 13.2. The molecule has 1 heterocycles. The molecule has 0 saturated heterocycles. The van der Waals surface area contributed by atoms with Gasteiger partial charge in [0, 0.05) is 19.5 Å². The minimum atomic E-state index is -0.807. The first kappa shape index (κ1) is 12.4. The molecule has 0 aliphatic carbocycles. The van der Waals surface area contributed by atoms with Crippen LogP contribution in [-0.2, 0) is 0 Å². The fourth-order valence-electron chi connectivity index (χ4n) is 1.05. The van der Waals surface area contributed by atoms with Gasteiger partial charge in [-0.1, -0.05) is 5.57 Å². The summed E-state index contributed by atoms with van der Waals surface area (Å²) in [6, 6.07) is 0.745. The van der Waals surface area contributed by atoms with Crippen LogP contribution in [-0.4, -0.2) is 18.6 Å². The van der Waals surface area contributed by atoms with Crippen molar-refractivity contribution in [2.75, 3.05) is 19.0 Å². The number of aromatic nitrogens is 1. The Morgan fingerprint density at radius 2 is 2.19 bits per heavy atom. The van der Waals surface area contributed by atoms with Gasteiger partial charge in [-0.05, 0) is 6.92 Å². The number of anilines is 1. The van der Waals surface area contributed by atoms with Gasteiger partial charge >= 0.3 is 0 Å². The molecule has 0 aromatic carbocycles. The van der Waals surface area contributed by atoms with Gasteiger partial charge in [0.1, 0.15) is 0 Å². The largest absolute Gasteiger partial charge is 0.475 e. The summed E-state index contributed by atoms with van der Waals surface area (Å²) in [7, 11) is 1.50. The third-order valence-corrected chi connectivity index (χ3v) is 1.90. The maximum atomic E-state index is 13.2. The van der Waals surface area contributed by atoms with E-state index in [1.807, 2.05) is 6.92 Å². The highest BCUT2D eigenvalue weighted by Crippen LogP contribution is 2.20. The van der Waals surface area contributed by atoms with Crippen molar-refractivity contribution in [1.29, 1.82) is 0 Å². The molecule has 0 fully saturated rings. The fourth-order valence-corrected chi connectivity index (χ4v) is 1.05. The van der Waals surface area contributed by atoms with E-state index in [0.29, 0.717) is 6.42 Å². The van der Waals surface area contributed by atoms with Crippen molar-refractivity contribution < 1.29 is 13.5 Å². The van der Waals surface area contributed by atoms with Crippen molar-refractivity contribution >= 4 is 5.82 Å². The van der Waals surface area contributed by atoms with Gasteiger partial charge in [0.05, 0.1) is 6.61 Å². The molecule has 3 nitrogen and oxygen atoms in total. The van der Waals surface area contributed by atoms with E-state index in [4.69, 9.17) is 4.74 Å². The summed E-state index contributed by atoms with van der Waals surface area (Å²) in [4.78, 5) is 3.67. The summed E-state index contributed by atoms with van der Waals surface area (Å²) in [5, 5.41) is 2.51. The molecule has 0 atom stereocenters. The van der Waals surface area contributed by atoms with E-state index in [9.17, 15) is 8.78 Å². The van der Waals surface area contributed by atoms with E-state index in [-0.39, 0.29) is 18.3 Å². The van der Waals surface area contributed by atoms with Crippen molar-refractivity contribution in [3.05, 3.63) is 29.9 Å². The molecule has 16 heavy (non-hydrogen) atoms. The predicted molar refractivity (Wildman–Crippen MR) is 58.6 cm³/mol. The van der Waals surface area contributed by atoms with Crippen molar-refractivity contribution in [2.45, 2.75) is 13.3 Å². The molecule has 0 amide bonds. The smallest absolute Gasteiger partial charge is 0.252 e. The number of nitrogens with one attached hydrogen (secondary N) is 1. The van der Waals surface area contributed by atoms with E-state index >= 15 is 0 Å². The van der Waals surface area contributed by atoms with Crippen molar-refractivity contribution in [3.8, 4) is 5.88 Å². The second kappa shape index (κ2) is 5.44. The van der Waals surface area contributed by atoms with E-state index in [2.05, 4.69) is 16.9 Å². The topological polar surface area (TPSA) is 34.1 Å². The summed E-state index contributed by atoms with van der Waals surface area (Å²) in [6.07, 6.45) is 0.605. The van der Waals surface area contributed by atoms with Crippen molar-refractivity contribution in [2.24, 2.45) is 0 Å². The summed E-state index contributed by atoms with van der Waals surface area (Å²) >= 11 is 0. The van der Waals surface area contributed by atoms with Crippen LogP contribution in [0.1, 0.15) is 13.3 Å². The molecule has 88 valence electrons. The van der Waals surface area contributed by atoms with Gasteiger partial charge in [-0.3, -0.25) is 0 Å². The first-order chi connectivity index (χ1) is 7.54. The van der Waals surface area contributed by atoms with E-state index in [1.54, 1.807) is 0 Å². The molecule has 1 aromatic heterocycles. The number of hydrogen-bond acceptors (Lipinski definition) is 3. The van der Waals surface area contributed by atoms with Crippen LogP contribution in [0.4, 0.5) is 14.6 Å². The highest BCUT2D eigenvalue weighted by Gasteiger charge is 2.11. The summed E-state index contributed by atoms with van der Waals surface area (Å²) in [5.41, 5.74) is 0.927. The van der Waals surface area contributed by atoms with Gasteiger partial charge in [0.15, 0.2) is 17.5 Å². The van der Waals surface area contributed by atoms with Crippen LogP contribution in [0.15, 0.2) is 18.2 Å². The van der Waals surface area contributed by atoms with Gasteiger partial charge < -0.3 is 10.1 Å². The molecule has 0 saturated carbocycles. The molecule has 5 heteroatoms. The normalized spacial score (nSPS) is 10.0. The number of hydrogen-bond donors (Lipinski definition) is 1. The van der Waals surface area contributed by atoms with E-state index < -0.39 is 11.6 Å². The zero-order chi connectivity index (χ0) is 12.1. The lowest BCUT2D eigenvalue weighted by atomic mass is 10.3. The minimum absolute atomic E-state index is 0.0354. The first-order valence-electron chi connectivity index (χ1n) is 4.85. The first-order valence-corrected chi connectivity index (χ1v) is 4.85. The Hall–Kier alpha value is -1.65. The molecule has 1 rings (SSSR count). The monoisotopic (exact) mass is 228 g/mol. The molecule has 0 spiro atoms. The Morgan fingerprint density at radius 3 is 2.75 bits per heavy atom. The standard InChI is InChI=1S/C11H14F2N2O/c1-7(2)4-5-16-11-9(13)6-8(12)10(14-3)15-11/h6H,1,4-5H2,2-3H3,(H,14,15). The summed E-state index contributed by atoms with van der Waals surface area (Å²) in [6.45, 7) is 5.81. The second-order valence-corrected chi connectivity index (χ2v) is 3.41. The quantitative estimate of drug-likeness (QED) is 0.787. The maximum Gasteiger partial charge on any atom is 0.252 e. The molecule has 0 unspecified atom stereocenters. The fraction of sp³-hybridized carbons (Fsp3) is 0.364. The molecular weight excluding hydrogens is 214 g/mol. The summed E-state index contributed by atoms with van der Waals surface area (Å²) < 4.78 is 31.4. The number of nitrogens with zero attached hydrogens (tertiary/aromatic N) is 1. The zero-order valence-electron chi connectivity index (χ0n) is 9.31. The Labute approximate surface area is 93.1 Å². The van der Waals surface area contributed by atoms with Gasteiger partial charge in [-0.25, -0.2) is 8.78 Å². The Morgan fingerprint density at radius 1 is 1.50 bits per heavy atom. The highest BCUT2D eigenvalue weighted by atomic mass is 19.1. The molecule has 0 aliphatic heterocycles. The van der Waals surface area contributed by atoms with Crippen LogP contribution in [0.2, 0.25) is 0 Å².